The molecule has 0 unspecified atom stereocenters. The van der Waals surface area contributed by atoms with E-state index in [-0.39, 0.29) is 16.3 Å². The number of anilines is 1. The van der Waals surface area contributed by atoms with Crippen LogP contribution in [0.1, 0.15) is 15.9 Å². The molecule has 0 radical (unpaired) electrons. The Morgan fingerprint density at radius 3 is 2.33 bits per heavy atom. The molecular weight excluding hydrogens is 386 g/mol. The Balaban J connectivity index is 2.13. The Hall–Kier alpha value is -1.69. The van der Waals surface area contributed by atoms with Crippen LogP contribution in [0.2, 0.25) is 15.1 Å². The Labute approximate surface area is 150 Å². The Morgan fingerprint density at radius 2 is 1.71 bits per heavy atom. The van der Waals surface area contributed by atoms with E-state index in [1.54, 1.807) is 0 Å². The fourth-order valence-electron chi connectivity index (χ4n) is 1.82. The average molecular weight is 395 g/mol. The fraction of sp³-hybridized carbons (Fsp3) is 0.0625. The molecule has 8 heteroatoms. The lowest BCUT2D eigenvalue weighted by Crippen LogP contribution is -2.06. The molecule has 0 fully saturated rings. The van der Waals surface area contributed by atoms with E-state index in [1.807, 2.05) is 0 Å². The van der Waals surface area contributed by atoms with Gasteiger partial charge in [-0.2, -0.15) is 13.2 Å². The van der Waals surface area contributed by atoms with E-state index >= 15 is 0 Å². The van der Waals surface area contributed by atoms with Gasteiger partial charge in [-0.3, -0.25) is 4.79 Å². The first-order chi connectivity index (χ1) is 11.2. The summed E-state index contributed by atoms with van der Waals surface area (Å²) in [5, 5.41) is 2.76. The molecule has 2 nitrogen and oxygen atoms in total. The molecule has 0 heterocycles. The highest BCUT2D eigenvalue weighted by atomic mass is 35.5. The van der Waals surface area contributed by atoms with Crippen molar-refractivity contribution in [1.82, 2.24) is 0 Å². The van der Waals surface area contributed by atoms with Crippen molar-refractivity contribution in [3.8, 4) is 0 Å². The van der Waals surface area contributed by atoms with Crippen molar-refractivity contribution in [3.05, 3.63) is 74.9 Å². The largest absolute Gasteiger partial charge is 0.417 e. The van der Waals surface area contributed by atoms with Crippen molar-refractivity contribution in [3.63, 3.8) is 0 Å². The number of halogens is 6. The van der Waals surface area contributed by atoms with Crippen molar-refractivity contribution in [2.45, 2.75) is 6.18 Å². The van der Waals surface area contributed by atoms with Crippen molar-refractivity contribution in [2.75, 3.05) is 5.32 Å². The lowest BCUT2D eigenvalue weighted by atomic mass is 10.1. The summed E-state index contributed by atoms with van der Waals surface area (Å²) in [7, 11) is 0. The number of alkyl halides is 3. The zero-order valence-corrected chi connectivity index (χ0v) is 14.1. The summed E-state index contributed by atoms with van der Waals surface area (Å²) in [6.45, 7) is 0. The van der Waals surface area contributed by atoms with E-state index in [9.17, 15) is 18.0 Å². The molecule has 126 valence electrons. The zero-order chi connectivity index (χ0) is 17.9. The molecule has 0 amide bonds. The summed E-state index contributed by atoms with van der Waals surface area (Å²) >= 11 is 17.2. The van der Waals surface area contributed by atoms with Gasteiger partial charge in [0.15, 0.2) is 5.78 Å². The molecule has 0 spiro atoms. The zero-order valence-electron chi connectivity index (χ0n) is 11.8. The van der Waals surface area contributed by atoms with Gasteiger partial charge in [0.25, 0.3) is 0 Å². The van der Waals surface area contributed by atoms with Crippen LogP contribution in [0.25, 0.3) is 0 Å². The maximum Gasteiger partial charge on any atom is 0.417 e. The third-order valence-corrected chi connectivity index (χ3v) is 3.83. The molecule has 2 aromatic carbocycles. The molecule has 2 rings (SSSR count). The number of rotatable bonds is 4. The average Bonchev–Trinajstić information content (AvgIpc) is 2.47. The predicted molar refractivity (Wildman–Crippen MR) is 90.0 cm³/mol. The van der Waals surface area contributed by atoms with Gasteiger partial charge in [-0.15, -0.1) is 0 Å². The molecule has 0 saturated carbocycles. The second-order valence-corrected chi connectivity index (χ2v) is 5.91. The molecule has 1 N–H and O–H groups in total. The molecule has 0 atom stereocenters. The van der Waals surface area contributed by atoms with E-state index in [0.29, 0.717) is 5.02 Å². The number of hydrogen-bond donors (Lipinski definition) is 1. The fourth-order valence-corrected chi connectivity index (χ4v) is 2.55. The minimum atomic E-state index is -4.56. The highest BCUT2D eigenvalue weighted by Gasteiger charge is 2.33. The first-order valence-corrected chi connectivity index (χ1v) is 7.61. The van der Waals surface area contributed by atoms with Crippen molar-refractivity contribution in [2.24, 2.45) is 0 Å². The van der Waals surface area contributed by atoms with Gasteiger partial charge < -0.3 is 5.32 Å². The quantitative estimate of drug-likeness (QED) is 0.475. The number of carbonyl (C=O) groups excluding carboxylic acids is 1. The normalized spacial score (nSPS) is 11.8. The van der Waals surface area contributed by atoms with E-state index in [4.69, 9.17) is 34.8 Å². The molecule has 0 aliphatic carbocycles. The van der Waals surface area contributed by atoms with Gasteiger partial charge in [0.2, 0.25) is 0 Å². The van der Waals surface area contributed by atoms with E-state index < -0.39 is 22.5 Å². The highest BCUT2D eigenvalue weighted by Crippen LogP contribution is 2.36. The number of carbonyl (C=O) groups is 1. The van der Waals surface area contributed by atoms with Gasteiger partial charge in [0.1, 0.15) is 0 Å². The molecular formula is C16H9Cl3F3NO. The lowest BCUT2D eigenvalue weighted by Gasteiger charge is -2.10. The van der Waals surface area contributed by atoms with Crippen LogP contribution in [-0.4, -0.2) is 5.78 Å². The Kier molecular flexibility index (Phi) is 5.80. The first kappa shape index (κ1) is 18.6. The van der Waals surface area contributed by atoms with Crippen LogP contribution in [-0.2, 0) is 6.18 Å². The van der Waals surface area contributed by atoms with E-state index in [0.717, 1.165) is 18.2 Å². The molecule has 0 aliphatic rings. The Bertz CT molecular complexity index is 804. The monoisotopic (exact) mass is 393 g/mol. The van der Waals surface area contributed by atoms with Crippen LogP contribution in [0.3, 0.4) is 0 Å². The summed E-state index contributed by atoms with van der Waals surface area (Å²) < 4.78 is 38.3. The first-order valence-electron chi connectivity index (χ1n) is 6.47. The summed E-state index contributed by atoms with van der Waals surface area (Å²) in [4.78, 5) is 12.0. The number of hydrogen-bond acceptors (Lipinski definition) is 2. The van der Waals surface area contributed by atoms with E-state index in [2.05, 4.69) is 5.32 Å². The van der Waals surface area contributed by atoms with Gasteiger partial charge in [-0.25, -0.2) is 0 Å². The third kappa shape index (κ3) is 4.66. The predicted octanol–water partition coefficient (Wildman–Crippen LogP) is 6.47. The second kappa shape index (κ2) is 7.47. The summed E-state index contributed by atoms with van der Waals surface area (Å²) in [5.74, 6) is -0.422. The smallest absolute Gasteiger partial charge is 0.362 e. The van der Waals surface area contributed by atoms with E-state index in [1.165, 1.54) is 30.5 Å². The third-order valence-electron chi connectivity index (χ3n) is 2.95. The van der Waals surface area contributed by atoms with Gasteiger partial charge in [-0.1, -0.05) is 34.8 Å². The summed E-state index contributed by atoms with van der Waals surface area (Å²) in [6, 6.07) is 7.73. The Morgan fingerprint density at radius 1 is 1.00 bits per heavy atom. The van der Waals surface area contributed by atoms with Crippen LogP contribution in [0.4, 0.5) is 18.9 Å². The SMILES string of the molecule is O=C(/C=C/Nc1ccc(Cl)c(C(F)(F)F)c1)c1ccc(Cl)cc1Cl. The summed E-state index contributed by atoms with van der Waals surface area (Å²) in [6.07, 6.45) is -2.20. The highest BCUT2D eigenvalue weighted by molar-refractivity contribution is 6.37. The van der Waals surface area contributed by atoms with Crippen LogP contribution in [0, 0.1) is 0 Å². The van der Waals surface area contributed by atoms with Crippen LogP contribution in [0.5, 0.6) is 0 Å². The van der Waals surface area contributed by atoms with Crippen molar-refractivity contribution in [1.29, 1.82) is 0 Å². The molecule has 0 aliphatic heterocycles. The minimum Gasteiger partial charge on any atom is -0.362 e. The number of benzene rings is 2. The number of allylic oxidation sites excluding steroid dienone is 1. The number of nitrogens with one attached hydrogen (secondary N) is 1. The van der Waals surface area contributed by atoms with Gasteiger partial charge in [0, 0.05) is 28.5 Å². The molecule has 0 aromatic heterocycles. The van der Waals surface area contributed by atoms with Crippen LogP contribution >= 0.6 is 34.8 Å². The van der Waals surface area contributed by atoms with Crippen LogP contribution in [0.15, 0.2) is 48.7 Å². The van der Waals surface area contributed by atoms with Gasteiger partial charge >= 0.3 is 6.18 Å². The van der Waals surface area contributed by atoms with Crippen molar-refractivity contribution >= 4 is 46.3 Å². The van der Waals surface area contributed by atoms with Gasteiger partial charge in [-0.05, 0) is 36.4 Å². The van der Waals surface area contributed by atoms with Gasteiger partial charge in [0.05, 0.1) is 15.6 Å². The topological polar surface area (TPSA) is 29.1 Å². The van der Waals surface area contributed by atoms with Crippen molar-refractivity contribution < 1.29 is 18.0 Å². The number of ketones is 1. The maximum absolute atomic E-state index is 12.8. The maximum atomic E-state index is 12.8. The standard InChI is InChI=1S/C16H9Cl3F3NO/c17-9-1-3-11(14(19)7-9)15(24)5-6-23-10-2-4-13(18)12(8-10)16(20,21)22/h1-8,23H/b6-5+. The molecule has 24 heavy (non-hydrogen) atoms. The molecule has 2 aromatic rings. The van der Waals surface area contributed by atoms with Crippen LogP contribution < -0.4 is 5.32 Å². The molecule has 0 bridgehead atoms. The minimum absolute atomic E-state index is 0.137. The second-order valence-electron chi connectivity index (χ2n) is 4.66. The lowest BCUT2D eigenvalue weighted by molar-refractivity contribution is -0.137. The molecule has 0 saturated heterocycles. The summed E-state index contributed by atoms with van der Waals surface area (Å²) in [5.41, 5.74) is -0.598.